The molecule has 2 N–H and O–H groups in total. The molecular weight excluding hydrogens is 280 g/mol. The normalized spacial score (nSPS) is 10.2. The lowest BCUT2D eigenvalue weighted by molar-refractivity contribution is 0.0946. The summed E-state index contributed by atoms with van der Waals surface area (Å²) in [6.07, 6.45) is 2.26. The van der Waals surface area contributed by atoms with Crippen LogP contribution in [0, 0.1) is 0 Å². The van der Waals surface area contributed by atoms with Crippen LogP contribution in [0.3, 0.4) is 0 Å². The van der Waals surface area contributed by atoms with Crippen molar-refractivity contribution in [3.63, 3.8) is 0 Å². The van der Waals surface area contributed by atoms with Gasteiger partial charge in [-0.2, -0.15) is 0 Å². The van der Waals surface area contributed by atoms with E-state index in [2.05, 4.69) is 20.6 Å². The lowest BCUT2D eigenvalue weighted by atomic mass is 10.2. The predicted molar refractivity (Wildman–Crippen MR) is 84.6 cm³/mol. The summed E-state index contributed by atoms with van der Waals surface area (Å²) in [5.74, 6) is 0.419. The van der Waals surface area contributed by atoms with Gasteiger partial charge in [-0.05, 0) is 12.0 Å². The van der Waals surface area contributed by atoms with E-state index in [0.717, 1.165) is 18.5 Å². The number of hydrogen-bond donors (Lipinski definition) is 2. The lowest BCUT2D eigenvalue weighted by Gasteiger charge is -2.07. The highest BCUT2D eigenvalue weighted by molar-refractivity contribution is 5.92. The average Bonchev–Trinajstić information content (AvgIpc) is 2.58. The standard InChI is InChI=1S/C16H20N4O2/c1-22-9-5-8-17-15-10-14(19-12-20-15)16(21)18-11-13-6-3-2-4-7-13/h2-4,6-7,10,12H,5,8-9,11H2,1H3,(H,18,21)(H,17,19,20). The first-order chi connectivity index (χ1) is 10.8. The minimum atomic E-state index is -0.216. The Bertz CT molecular complexity index is 590. The first-order valence-electron chi connectivity index (χ1n) is 7.16. The Morgan fingerprint density at radius 2 is 2.05 bits per heavy atom. The van der Waals surface area contributed by atoms with Crippen molar-refractivity contribution in [1.82, 2.24) is 15.3 Å². The predicted octanol–water partition coefficient (Wildman–Crippen LogP) is 1.85. The number of amides is 1. The number of aromatic nitrogens is 2. The molecule has 1 heterocycles. The van der Waals surface area contributed by atoms with Crippen LogP contribution >= 0.6 is 0 Å². The van der Waals surface area contributed by atoms with E-state index >= 15 is 0 Å². The Kier molecular flexibility index (Phi) is 6.32. The molecule has 0 unspecified atom stereocenters. The van der Waals surface area contributed by atoms with Gasteiger partial charge in [-0.3, -0.25) is 4.79 Å². The van der Waals surface area contributed by atoms with Crippen molar-refractivity contribution in [1.29, 1.82) is 0 Å². The van der Waals surface area contributed by atoms with Crippen molar-refractivity contribution in [3.05, 3.63) is 54.0 Å². The highest BCUT2D eigenvalue weighted by atomic mass is 16.5. The number of methoxy groups -OCH3 is 1. The molecule has 0 aliphatic carbocycles. The molecule has 1 aromatic carbocycles. The van der Waals surface area contributed by atoms with Crippen molar-refractivity contribution in [3.8, 4) is 0 Å². The van der Waals surface area contributed by atoms with Crippen LogP contribution in [-0.2, 0) is 11.3 Å². The molecule has 0 radical (unpaired) electrons. The summed E-state index contributed by atoms with van der Waals surface area (Å²) in [5.41, 5.74) is 1.39. The van der Waals surface area contributed by atoms with Crippen molar-refractivity contribution in [2.45, 2.75) is 13.0 Å². The van der Waals surface area contributed by atoms with E-state index in [1.54, 1.807) is 13.2 Å². The summed E-state index contributed by atoms with van der Waals surface area (Å²) in [7, 11) is 1.67. The molecule has 0 saturated heterocycles. The zero-order valence-electron chi connectivity index (χ0n) is 12.6. The zero-order valence-corrected chi connectivity index (χ0v) is 12.6. The summed E-state index contributed by atoms with van der Waals surface area (Å²) in [6, 6.07) is 11.4. The second-order valence-corrected chi connectivity index (χ2v) is 4.73. The number of benzene rings is 1. The van der Waals surface area contributed by atoms with Crippen LogP contribution in [0.15, 0.2) is 42.7 Å². The first kappa shape index (κ1) is 15.9. The monoisotopic (exact) mass is 300 g/mol. The van der Waals surface area contributed by atoms with Crippen LogP contribution < -0.4 is 10.6 Å². The molecule has 0 aliphatic rings. The van der Waals surface area contributed by atoms with Gasteiger partial charge in [0.05, 0.1) is 0 Å². The number of nitrogens with one attached hydrogen (secondary N) is 2. The quantitative estimate of drug-likeness (QED) is 0.728. The van der Waals surface area contributed by atoms with E-state index in [0.29, 0.717) is 24.7 Å². The summed E-state index contributed by atoms with van der Waals surface area (Å²) in [4.78, 5) is 20.2. The molecule has 22 heavy (non-hydrogen) atoms. The molecule has 1 amide bonds. The van der Waals surface area contributed by atoms with Gasteiger partial charge in [0.15, 0.2) is 0 Å². The maximum Gasteiger partial charge on any atom is 0.270 e. The number of carbonyl (C=O) groups excluding carboxylic acids is 1. The second kappa shape index (κ2) is 8.74. The van der Waals surface area contributed by atoms with Crippen LogP contribution in [0.2, 0.25) is 0 Å². The summed E-state index contributed by atoms with van der Waals surface area (Å²) < 4.78 is 4.98. The van der Waals surface area contributed by atoms with Gasteiger partial charge >= 0.3 is 0 Å². The number of carbonyl (C=O) groups is 1. The molecule has 6 nitrogen and oxygen atoms in total. The molecule has 0 spiro atoms. The van der Waals surface area contributed by atoms with Crippen LogP contribution in [0.1, 0.15) is 22.5 Å². The summed E-state index contributed by atoms with van der Waals surface area (Å²) >= 11 is 0. The zero-order chi connectivity index (χ0) is 15.6. The maximum absolute atomic E-state index is 12.1. The molecule has 116 valence electrons. The highest BCUT2D eigenvalue weighted by Gasteiger charge is 2.08. The Balaban J connectivity index is 1.86. The van der Waals surface area contributed by atoms with Crippen LogP contribution in [0.4, 0.5) is 5.82 Å². The Morgan fingerprint density at radius 1 is 1.23 bits per heavy atom. The van der Waals surface area contributed by atoms with Crippen molar-refractivity contribution < 1.29 is 9.53 Å². The van der Waals surface area contributed by atoms with Crippen LogP contribution in [0.25, 0.3) is 0 Å². The van der Waals surface area contributed by atoms with Gasteiger partial charge in [-0.1, -0.05) is 30.3 Å². The number of ether oxygens (including phenoxy) is 1. The largest absolute Gasteiger partial charge is 0.385 e. The molecule has 2 aromatic rings. The molecule has 0 bridgehead atoms. The number of hydrogen-bond acceptors (Lipinski definition) is 5. The number of rotatable bonds is 8. The van der Waals surface area contributed by atoms with Crippen molar-refractivity contribution in [2.75, 3.05) is 25.6 Å². The van der Waals surface area contributed by atoms with Gasteiger partial charge in [0.25, 0.3) is 5.91 Å². The van der Waals surface area contributed by atoms with Crippen LogP contribution in [-0.4, -0.2) is 36.1 Å². The third kappa shape index (κ3) is 5.14. The maximum atomic E-state index is 12.1. The molecule has 2 rings (SSSR count). The third-order valence-electron chi connectivity index (χ3n) is 3.03. The Hall–Kier alpha value is -2.47. The highest BCUT2D eigenvalue weighted by Crippen LogP contribution is 2.05. The number of anilines is 1. The summed E-state index contributed by atoms with van der Waals surface area (Å²) in [5, 5.41) is 5.98. The Labute approximate surface area is 129 Å². The second-order valence-electron chi connectivity index (χ2n) is 4.73. The van der Waals surface area contributed by atoms with Gasteiger partial charge in [0.2, 0.25) is 0 Å². The van der Waals surface area contributed by atoms with E-state index < -0.39 is 0 Å². The SMILES string of the molecule is COCCCNc1cc(C(=O)NCc2ccccc2)ncn1. The third-order valence-corrected chi connectivity index (χ3v) is 3.03. The smallest absolute Gasteiger partial charge is 0.270 e. The molecule has 0 saturated carbocycles. The fraction of sp³-hybridized carbons (Fsp3) is 0.312. The molecule has 6 heteroatoms. The molecule has 1 aromatic heterocycles. The average molecular weight is 300 g/mol. The van der Waals surface area contributed by atoms with E-state index in [4.69, 9.17) is 4.74 Å². The van der Waals surface area contributed by atoms with E-state index in [1.165, 1.54) is 6.33 Å². The van der Waals surface area contributed by atoms with Crippen molar-refractivity contribution >= 4 is 11.7 Å². The Morgan fingerprint density at radius 3 is 2.82 bits per heavy atom. The van der Waals surface area contributed by atoms with Gasteiger partial charge in [-0.25, -0.2) is 9.97 Å². The van der Waals surface area contributed by atoms with Gasteiger partial charge in [-0.15, -0.1) is 0 Å². The minimum Gasteiger partial charge on any atom is -0.385 e. The minimum absolute atomic E-state index is 0.216. The van der Waals surface area contributed by atoms with Crippen molar-refractivity contribution in [2.24, 2.45) is 0 Å². The fourth-order valence-electron chi connectivity index (χ4n) is 1.88. The van der Waals surface area contributed by atoms with Gasteiger partial charge in [0, 0.05) is 32.9 Å². The van der Waals surface area contributed by atoms with E-state index in [-0.39, 0.29) is 5.91 Å². The molecule has 0 atom stereocenters. The van der Waals surface area contributed by atoms with Gasteiger partial charge < -0.3 is 15.4 Å². The van der Waals surface area contributed by atoms with Gasteiger partial charge in [0.1, 0.15) is 17.8 Å². The lowest BCUT2D eigenvalue weighted by Crippen LogP contribution is -2.24. The topological polar surface area (TPSA) is 76.1 Å². The fourth-order valence-corrected chi connectivity index (χ4v) is 1.88. The van der Waals surface area contributed by atoms with E-state index in [9.17, 15) is 4.79 Å². The van der Waals surface area contributed by atoms with E-state index in [1.807, 2.05) is 30.3 Å². The van der Waals surface area contributed by atoms with Crippen LogP contribution in [0.5, 0.6) is 0 Å². The first-order valence-corrected chi connectivity index (χ1v) is 7.16. The molecular formula is C16H20N4O2. The number of nitrogens with zero attached hydrogens (tertiary/aromatic N) is 2. The molecule has 0 fully saturated rings. The molecule has 0 aliphatic heterocycles. The summed E-state index contributed by atoms with van der Waals surface area (Å²) in [6.45, 7) is 1.89.